The van der Waals surface area contributed by atoms with Crippen molar-refractivity contribution in [2.75, 3.05) is 63.8 Å². The van der Waals surface area contributed by atoms with Crippen molar-refractivity contribution in [1.82, 2.24) is 24.7 Å². The maximum absolute atomic E-state index is 13.5. The standard InChI is InChI=1S/C24H36N6OS/c1-3-27-9-11-29(12-10-27)22-20-18(2)21(32-23(20)26-17-25-22)24(31)30-15-13-28(14-16-30)19-7-5-4-6-8-19/h17,19H,3-16H2,1-2H3. The lowest BCUT2D eigenvalue weighted by Crippen LogP contribution is -2.52. The van der Waals surface area contributed by atoms with Crippen LogP contribution in [0.1, 0.15) is 54.3 Å². The van der Waals surface area contributed by atoms with Crippen LogP contribution in [0.4, 0.5) is 5.82 Å². The van der Waals surface area contributed by atoms with Crippen molar-refractivity contribution in [3.05, 3.63) is 16.8 Å². The van der Waals surface area contributed by atoms with E-state index in [2.05, 4.69) is 43.4 Å². The summed E-state index contributed by atoms with van der Waals surface area (Å²) in [7, 11) is 0. The van der Waals surface area contributed by atoms with Crippen molar-refractivity contribution in [1.29, 1.82) is 0 Å². The van der Waals surface area contributed by atoms with E-state index in [0.29, 0.717) is 0 Å². The fourth-order valence-corrected chi connectivity index (χ4v) is 6.76. The smallest absolute Gasteiger partial charge is 0.264 e. The molecular formula is C24H36N6OS. The molecule has 2 aromatic heterocycles. The highest BCUT2D eigenvalue weighted by atomic mass is 32.1. The minimum atomic E-state index is 0.176. The highest BCUT2D eigenvalue weighted by Crippen LogP contribution is 2.36. The van der Waals surface area contributed by atoms with Gasteiger partial charge < -0.3 is 14.7 Å². The fourth-order valence-electron chi connectivity index (χ4n) is 5.65. The average molecular weight is 457 g/mol. The molecular weight excluding hydrogens is 420 g/mol. The van der Waals surface area contributed by atoms with Gasteiger partial charge in [0.05, 0.1) is 10.3 Å². The van der Waals surface area contributed by atoms with Gasteiger partial charge in [0.15, 0.2) is 0 Å². The van der Waals surface area contributed by atoms with E-state index >= 15 is 0 Å². The Labute approximate surface area is 195 Å². The number of fused-ring (bicyclic) bond motifs is 1. The molecule has 32 heavy (non-hydrogen) atoms. The van der Waals surface area contributed by atoms with E-state index in [1.54, 1.807) is 17.7 Å². The van der Waals surface area contributed by atoms with Crippen LogP contribution in [-0.2, 0) is 0 Å². The number of nitrogens with zero attached hydrogens (tertiary/aromatic N) is 6. The van der Waals surface area contributed by atoms with Gasteiger partial charge in [0.2, 0.25) is 0 Å². The van der Waals surface area contributed by atoms with Gasteiger partial charge in [-0.1, -0.05) is 26.2 Å². The number of rotatable bonds is 4. The fraction of sp³-hybridized carbons (Fsp3) is 0.708. The molecule has 2 saturated heterocycles. The lowest BCUT2D eigenvalue weighted by Gasteiger charge is -2.40. The first-order valence-corrected chi connectivity index (χ1v) is 13.2. The van der Waals surface area contributed by atoms with E-state index in [9.17, 15) is 4.79 Å². The van der Waals surface area contributed by atoms with Gasteiger partial charge in [-0.05, 0) is 31.9 Å². The number of aryl methyl sites for hydroxylation is 1. The van der Waals surface area contributed by atoms with Crippen LogP contribution in [0.5, 0.6) is 0 Å². The topological polar surface area (TPSA) is 55.8 Å². The zero-order valence-electron chi connectivity index (χ0n) is 19.6. The predicted octanol–water partition coefficient (Wildman–Crippen LogP) is 3.23. The Kier molecular flexibility index (Phi) is 6.62. The summed E-state index contributed by atoms with van der Waals surface area (Å²) in [6, 6.07) is 0.734. The first kappa shape index (κ1) is 22.0. The van der Waals surface area contributed by atoms with Gasteiger partial charge in [0, 0.05) is 58.4 Å². The van der Waals surface area contributed by atoms with Crippen LogP contribution in [0.3, 0.4) is 0 Å². The molecule has 0 atom stereocenters. The molecule has 0 aromatic carbocycles. The van der Waals surface area contributed by atoms with Crippen molar-refractivity contribution in [3.8, 4) is 0 Å². The monoisotopic (exact) mass is 456 g/mol. The quantitative estimate of drug-likeness (QED) is 0.704. The Hall–Kier alpha value is -1.77. The third-order valence-corrected chi connectivity index (χ3v) is 8.90. The van der Waals surface area contributed by atoms with Crippen molar-refractivity contribution in [2.24, 2.45) is 0 Å². The lowest BCUT2D eigenvalue weighted by molar-refractivity contribution is 0.0527. The zero-order chi connectivity index (χ0) is 22.1. The summed E-state index contributed by atoms with van der Waals surface area (Å²) in [5.41, 5.74) is 1.05. The summed E-state index contributed by atoms with van der Waals surface area (Å²) in [4.78, 5) is 34.0. The molecule has 0 unspecified atom stereocenters. The highest BCUT2D eigenvalue weighted by molar-refractivity contribution is 7.20. The molecule has 1 amide bonds. The van der Waals surface area contributed by atoms with E-state index in [1.807, 2.05) is 0 Å². The minimum absolute atomic E-state index is 0.176. The second-order valence-electron chi connectivity index (χ2n) is 9.47. The number of hydrogen-bond donors (Lipinski definition) is 0. The number of carbonyl (C=O) groups is 1. The summed E-state index contributed by atoms with van der Waals surface area (Å²) in [5, 5.41) is 1.08. The Morgan fingerprint density at radius 3 is 2.41 bits per heavy atom. The third-order valence-electron chi connectivity index (χ3n) is 7.71. The van der Waals surface area contributed by atoms with Crippen molar-refractivity contribution >= 4 is 33.3 Å². The number of carbonyl (C=O) groups excluding carboxylic acids is 1. The molecule has 3 aliphatic rings. The van der Waals surface area contributed by atoms with Gasteiger partial charge in [-0.15, -0.1) is 11.3 Å². The van der Waals surface area contributed by atoms with Crippen molar-refractivity contribution in [3.63, 3.8) is 0 Å². The van der Waals surface area contributed by atoms with Crippen LogP contribution in [0.2, 0.25) is 0 Å². The number of thiophene rings is 1. The Bertz CT molecular complexity index is 939. The molecule has 0 N–H and O–H groups in total. The van der Waals surface area contributed by atoms with Gasteiger partial charge in [-0.25, -0.2) is 9.97 Å². The second kappa shape index (κ2) is 9.61. The zero-order valence-corrected chi connectivity index (χ0v) is 20.4. The van der Waals surface area contributed by atoms with Crippen LogP contribution in [0, 0.1) is 6.92 Å². The highest BCUT2D eigenvalue weighted by Gasteiger charge is 2.30. The Balaban J connectivity index is 1.31. The predicted molar refractivity (Wildman–Crippen MR) is 131 cm³/mol. The SMILES string of the molecule is CCN1CCN(c2ncnc3sc(C(=O)N4CCN(C5CCCCC5)CC4)c(C)c23)CC1. The second-order valence-corrected chi connectivity index (χ2v) is 10.5. The van der Waals surface area contributed by atoms with Crippen LogP contribution < -0.4 is 4.90 Å². The number of aromatic nitrogens is 2. The summed E-state index contributed by atoms with van der Waals surface area (Å²) >= 11 is 1.54. The van der Waals surface area contributed by atoms with Crippen molar-refractivity contribution < 1.29 is 4.79 Å². The van der Waals surface area contributed by atoms with Gasteiger partial charge >= 0.3 is 0 Å². The molecule has 5 rings (SSSR count). The molecule has 3 fully saturated rings. The number of piperazine rings is 2. The number of hydrogen-bond acceptors (Lipinski definition) is 7. The van der Waals surface area contributed by atoms with E-state index < -0.39 is 0 Å². The molecule has 1 aliphatic carbocycles. The molecule has 0 bridgehead atoms. The van der Waals surface area contributed by atoms with Gasteiger partial charge in [0.25, 0.3) is 5.91 Å². The molecule has 8 heteroatoms. The largest absolute Gasteiger partial charge is 0.353 e. The lowest BCUT2D eigenvalue weighted by atomic mass is 9.94. The maximum atomic E-state index is 13.5. The van der Waals surface area contributed by atoms with Gasteiger partial charge in [0.1, 0.15) is 17.0 Å². The first-order valence-electron chi connectivity index (χ1n) is 12.4. The normalized spacial score (nSPS) is 22.1. The molecule has 4 heterocycles. The Morgan fingerprint density at radius 1 is 1.00 bits per heavy atom. The molecule has 0 spiro atoms. The third kappa shape index (κ3) is 4.24. The number of likely N-dealkylation sites (N-methyl/N-ethyl adjacent to an activating group) is 1. The summed E-state index contributed by atoms with van der Waals surface area (Å²) in [5.74, 6) is 1.18. The van der Waals surface area contributed by atoms with Crippen LogP contribution >= 0.6 is 11.3 Å². The Morgan fingerprint density at radius 2 is 1.72 bits per heavy atom. The van der Waals surface area contributed by atoms with E-state index in [1.165, 1.54) is 32.1 Å². The molecule has 2 aliphatic heterocycles. The molecule has 0 radical (unpaired) electrons. The molecule has 174 valence electrons. The summed E-state index contributed by atoms with van der Waals surface area (Å²) < 4.78 is 0. The molecule has 7 nitrogen and oxygen atoms in total. The van der Waals surface area contributed by atoms with E-state index in [4.69, 9.17) is 0 Å². The van der Waals surface area contributed by atoms with Crippen LogP contribution in [-0.4, -0.2) is 95.5 Å². The van der Waals surface area contributed by atoms with Gasteiger partial charge in [-0.2, -0.15) is 0 Å². The van der Waals surface area contributed by atoms with Crippen LogP contribution in [0.25, 0.3) is 10.2 Å². The van der Waals surface area contributed by atoms with Crippen molar-refractivity contribution in [2.45, 2.75) is 52.0 Å². The van der Waals surface area contributed by atoms with E-state index in [0.717, 1.165) is 91.4 Å². The summed E-state index contributed by atoms with van der Waals surface area (Å²) in [6.07, 6.45) is 8.44. The average Bonchev–Trinajstić information content (AvgIpc) is 3.21. The first-order chi connectivity index (χ1) is 15.7. The van der Waals surface area contributed by atoms with Gasteiger partial charge in [-0.3, -0.25) is 9.69 Å². The minimum Gasteiger partial charge on any atom is -0.353 e. The summed E-state index contributed by atoms with van der Waals surface area (Å²) in [6.45, 7) is 13.1. The van der Waals surface area contributed by atoms with Crippen LogP contribution in [0.15, 0.2) is 6.33 Å². The molecule has 1 saturated carbocycles. The maximum Gasteiger partial charge on any atom is 0.264 e. The number of anilines is 1. The molecule has 2 aromatic rings. The number of amides is 1. The van der Waals surface area contributed by atoms with E-state index in [-0.39, 0.29) is 5.91 Å².